The zero-order chi connectivity index (χ0) is 14.5. The molecule has 102 valence electrons. The highest BCUT2D eigenvalue weighted by Gasteiger charge is 2.11. The Labute approximate surface area is 125 Å². The quantitative estimate of drug-likeness (QED) is 0.932. The minimum atomic E-state index is -0.633. The van der Waals surface area contributed by atoms with Crippen LogP contribution in [0.15, 0.2) is 41.0 Å². The van der Waals surface area contributed by atoms with E-state index in [0.717, 1.165) is 10.0 Å². The Morgan fingerprint density at radius 1 is 1.45 bits per heavy atom. The molecule has 0 unspecified atom stereocenters. The number of pyridine rings is 1. The number of halogens is 1. The Morgan fingerprint density at radius 2 is 2.25 bits per heavy atom. The fraction of sp³-hybridized carbons (Fsp3) is 0.200. The first kappa shape index (κ1) is 14.5. The van der Waals surface area contributed by atoms with E-state index >= 15 is 0 Å². The fourth-order valence-corrected chi connectivity index (χ4v) is 2.17. The van der Waals surface area contributed by atoms with Crippen LogP contribution in [0.3, 0.4) is 0 Å². The maximum Gasteiger partial charge on any atom is 0.147 e. The van der Waals surface area contributed by atoms with Crippen molar-refractivity contribution in [2.75, 3.05) is 0 Å². The molecule has 0 fully saturated rings. The van der Waals surface area contributed by atoms with Crippen LogP contribution in [0.1, 0.15) is 29.8 Å². The molecular formula is C15H13BrN2O2. The van der Waals surface area contributed by atoms with E-state index in [2.05, 4.69) is 20.9 Å². The molecule has 1 aromatic carbocycles. The summed E-state index contributed by atoms with van der Waals surface area (Å²) in [5.41, 5.74) is 1.76. The van der Waals surface area contributed by atoms with E-state index in [9.17, 15) is 5.11 Å². The van der Waals surface area contributed by atoms with E-state index in [1.54, 1.807) is 31.3 Å². The number of aliphatic hydroxyl groups is 1. The number of benzene rings is 1. The van der Waals surface area contributed by atoms with Gasteiger partial charge in [0.25, 0.3) is 0 Å². The number of nitriles is 1. The zero-order valence-electron chi connectivity index (χ0n) is 10.9. The molecule has 0 radical (unpaired) electrons. The summed E-state index contributed by atoms with van der Waals surface area (Å²) in [5.74, 6) is 0.593. The van der Waals surface area contributed by atoms with Crippen molar-refractivity contribution >= 4 is 15.9 Å². The van der Waals surface area contributed by atoms with Gasteiger partial charge in [0.05, 0.1) is 6.10 Å². The predicted octanol–water partition coefficient (Wildman–Crippen LogP) is 3.35. The van der Waals surface area contributed by atoms with Gasteiger partial charge in [0.15, 0.2) is 0 Å². The van der Waals surface area contributed by atoms with Gasteiger partial charge in [0.2, 0.25) is 0 Å². The monoisotopic (exact) mass is 332 g/mol. The Morgan fingerprint density at radius 3 is 2.95 bits per heavy atom. The third-order valence-corrected chi connectivity index (χ3v) is 3.30. The normalized spacial score (nSPS) is 11.7. The lowest BCUT2D eigenvalue weighted by atomic mass is 10.1. The molecule has 0 amide bonds. The van der Waals surface area contributed by atoms with Crippen LogP contribution in [0.2, 0.25) is 0 Å². The summed E-state index contributed by atoms with van der Waals surface area (Å²) in [6, 6.07) is 11.0. The maximum atomic E-state index is 9.76. The number of nitrogens with zero attached hydrogens (tertiary/aromatic N) is 2. The van der Waals surface area contributed by atoms with Crippen LogP contribution in [0.5, 0.6) is 5.75 Å². The highest BCUT2D eigenvalue weighted by molar-refractivity contribution is 9.10. The number of aromatic nitrogens is 1. The fourth-order valence-electron chi connectivity index (χ4n) is 1.79. The molecule has 0 bridgehead atoms. The lowest BCUT2D eigenvalue weighted by Gasteiger charge is -2.14. The molecule has 5 heteroatoms. The first-order valence-electron chi connectivity index (χ1n) is 6.06. The maximum absolute atomic E-state index is 9.76. The Bertz CT molecular complexity index is 651. The summed E-state index contributed by atoms with van der Waals surface area (Å²) in [6.45, 7) is 1.91. The van der Waals surface area contributed by atoms with Gasteiger partial charge < -0.3 is 9.84 Å². The van der Waals surface area contributed by atoms with Crippen molar-refractivity contribution in [2.24, 2.45) is 0 Å². The van der Waals surface area contributed by atoms with Crippen molar-refractivity contribution < 1.29 is 9.84 Å². The molecule has 0 aliphatic heterocycles. The van der Waals surface area contributed by atoms with Crippen molar-refractivity contribution in [3.8, 4) is 11.8 Å². The van der Waals surface area contributed by atoms with Gasteiger partial charge in [0.1, 0.15) is 24.1 Å². The largest absolute Gasteiger partial charge is 0.488 e. The minimum Gasteiger partial charge on any atom is -0.488 e. The van der Waals surface area contributed by atoms with E-state index in [1.807, 2.05) is 18.2 Å². The topological polar surface area (TPSA) is 66.1 Å². The standard InChI is InChI=1S/C15H13BrN2O2/c1-10(19)13-7-12(16)4-5-15(13)20-9-11-3-2-6-18-14(11)8-17/h2-7,10,19H,9H2,1H3/t10-/m1/s1. The van der Waals surface area contributed by atoms with Crippen molar-refractivity contribution in [3.05, 3.63) is 57.8 Å². The lowest BCUT2D eigenvalue weighted by molar-refractivity contribution is 0.190. The van der Waals surface area contributed by atoms with Gasteiger partial charge in [-0.2, -0.15) is 5.26 Å². The van der Waals surface area contributed by atoms with Crippen LogP contribution < -0.4 is 4.74 Å². The molecule has 2 rings (SSSR count). The Balaban J connectivity index is 2.21. The SMILES string of the molecule is C[C@@H](O)c1cc(Br)ccc1OCc1cccnc1C#N. The molecule has 0 saturated carbocycles. The van der Waals surface area contributed by atoms with E-state index in [4.69, 9.17) is 10.00 Å². The zero-order valence-corrected chi connectivity index (χ0v) is 12.5. The van der Waals surface area contributed by atoms with Crippen molar-refractivity contribution in [1.29, 1.82) is 5.26 Å². The molecule has 4 nitrogen and oxygen atoms in total. The van der Waals surface area contributed by atoms with Gasteiger partial charge in [-0.25, -0.2) is 4.98 Å². The average Bonchev–Trinajstić information content (AvgIpc) is 2.46. The number of hydrogen-bond acceptors (Lipinski definition) is 4. The van der Waals surface area contributed by atoms with Gasteiger partial charge in [0, 0.05) is 21.8 Å². The van der Waals surface area contributed by atoms with Crippen LogP contribution in [-0.2, 0) is 6.61 Å². The van der Waals surface area contributed by atoms with Gasteiger partial charge in [-0.15, -0.1) is 0 Å². The van der Waals surface area contributed by atoms with Crippen molar-refractivity contribution in [3.63, 3.8) is 0 Å². The summed E-state index contributed by atoms with van der Waals surface area (Å²) in [7, 11) is 0. The number of aliphatic hydroxyl groups excluding tert-OH is 1. The molecule has 20 heavy (non-hydrogen) atoms. The second-order valence-electron chi connectivity index (χ2n) is 4.27. The van der Waals surface area contributed by atoms with Crippen LogP contribution in [0.25, 0.3) is 0 Å². The van der Waals surface area contributed by atoms with Gasteiger partial charge in [-0.3, -0.25) is 0 Å². The third-order valence-electron chi connectivity index (χ3n) is 2.80. The van der Waals surface area contributed by atoms with E-state index in [-0.39, 0.29) is 6.61 Å². The van der Waals surface area contributed by atoms with Gasteiger partial charge in [-0.1, -0.05) is 22.0 Å². The van der Waals surface area contributed by atoms with Crippen LogP contribution >= 0.6 is 15.9 Å². The first-order valence-corrected chi connectivity index (χ1v) is 6.85. The van der Waals surface area contributed by atoms with E-state index in [1.165, 1.54) is 0 Å². The molecule has 0 spiro atoms. The van der Waals surface area contributed by atoms with E-state index in [0.29, 0.717) is 17.0 Å². The molecule has 0 aliphatic carbocycles. The summed E-state index contributed by atoms with van der Waals surface area (Å²) in [5, 5.41) is 18.7. The van der Waals surface area contributed by atoms with E-state index < -0.39 is 6.10 Å². The Hall–Kier alpha value is -1.90. The van der Waals surface area contributed by atoms with Crippen LogP contribution in [-0.4, -0.2) is 10.1 Å². The molecule has 0 saturated heterocycles. The molecule has 1 atom stereocenters. The number of hydrogen-bond donors (Lipinski definition) is 1. The molecule has 1 heterocycles. The molecule has 1 aromatic heterocycles. The highest BCUT2D eigenvalue weighted by Crippen LogP contribution is 2.29. The summed E-state index contributed by atoms with van der Waals surface area (Å²) >= 11 is 3.36. The second kappa shape index (κ2) is 6.51. The summed E-state index contributed by atoms with van der Waals surface area (Å²) in [6.07, 6.45) is 0.940. The first-order chi connectivity index (χ1) is 9.61. The average molecular weight is 333 g/mol. The third kappa shape index (κ3) is 3.35. The Kier molecular flexibility index (Phi) is 4.72. The smallest absolute Gasteiger partial charge is 0.147 e. The predicted molar refractivity (Wildman–Crippen MR) is 78.1 cm³/mol. The molecule has 1 N–H and O–H groups in total. The lowest BCUT2D eigenvalue weighted by Crippen LogP contribution is -2.03. The summed E-state index contributed by atoms with van der Waals surface area (Å²) < 4.78 is 6.58. The molecular weight excluding hydrogens is 320 g/mol. The van der Waals surface area contributed by atoms with Crippen molar-refractivity contribution in [1.82, 2.24) is 4.98 Å². The second-order valence-corrected chi connectivity index (χ2v) is 5.19. The van der Waals surface area contributed by atoms with Gasteiger partial charge >= 0.3 is 0 Å². The summed E-state index contributed by atoms with van der Waals surface area (Å²) in [4.78, 5) is 3.98. The van der Waals surface area contributed by atoms with Gasteiger partial charge in [-0.05, 0) is 31.2 Å². The molecule has 0 aliphatic rings. The van der Waals surface area contributed by atoms with Crippen molar-refractivity contribution in [2.45, 2.75) is 19.6 Å². The number of ether oxygens (including phenoxy) is 1. The van der Waals surface area contributed by atoms with Crippen LogP contribution in [0, 0.1) is 11.3 Å². The molecule has 2 aromatic rings. The number of rotatable bonds is 4. The minimum absolute atomic E-state index is 0.234. The van der Waals surface area contributed by atoms with Crippen LogP contribution in [0.4, 0.5) is 0 Å². The highest BCUT2D eigenvalue weighted by atomic mass is 79.9.